The minimum atomic E-state index is -0.349. The van der Waals surface area contributed by atoms with E-state index in [4.69, 9.17) is 21.1 Å². The van der Waals surface area contributed by atoms with Gasteiger partial charge in [-0.2, -0.15) is 5.10 Å². The van der Waals surface area contributed by atoms with Crippen molar-refractivity contribution in [2.24, 2.45) is 5.10 Å². The lowest BCUT2D eigenvalue weighted by Gasteiger charge is -2.14. The van der Waals surface area contributed by atoms with Gasteiger partial charge in [0.1, 0.15) is 11.5 Å². The molecular formula is C20H23ClN2O3. The normalized spacial score (nSPS) is 11.0. The number of hydrogen-bond acceptors (Lipinski definition) is 4. The number of ether oxygens (including phenoxy) is 2. The van der Waals surface area contributed by atoms with E-state index in [1.54, 1.807) is 25.3 Å². The van der Waals surface area contributed by atoms with Gasteiger partial charge in [0.25, 0.3) is 5.91 Å². The number of carbonyl (C=O) groups excluding carboxylic acids is 1. The molecule has 0 aromatic heterocycles. The molecule has 6 heteroatoms. The van der Waals surface area contributed by atoms with Crippen molar-refractivity contribution in [1.29, 1.82) is 0 Å². The molecule has 0 heterocycles. The minimum absolute atomic E-state index is 0.118. The van der Waals surface area contributed by atoms with E-state index in [2.05, 4.69) is 24.4 Å². The van der Waals surface area contributed by atoms with E-state index in [1.807, 2.05) is 25.1 Å². The minimum Gasteiger partial charge on any atom is -0.496 e. The number of benzene rings is 2. The molecule has 0 saturated heterocycles. The zero-order chi connectivity index (χ0) is 19.1. The van der Waals surface area contributed by atoms with Crippen LogP contribution in [0.2, 0.25) is 5.02 Å². The van der Waals surface area contributed by atoms with Gasteiger partial charge in [0.15, 0.2) is 6.61 Å². The van der Waals surface area contributed by atoms with Crippen LogP contribution in [0.4, 0.5) is 0 Å². The molecule has 1 N–H and O–H groups in total. The second kappa shape index (κ2) is 9.25. The van der Waals surface area contributed by atoms with E-state index in [0.717, 1.165) is 16.9 Å². The third-order valence-electron chi connectivity index (χ3n) is 3.73. The number of nitrogens with one attached hydrogen (secondary N) is 1. The second-order valence-corrected chi connectivity index (χ2v) is 6.60. The molecule has 0 radical (unpaired) electrons. The summed E-state index contributed by atoms with van der Waals surface area (Å²) in [5, 5.41) is 4.49. The first-order valence-electron chi connectivity index (χ1n) is 8.29. The maximum atomic E-state index is 12.0. The fraction of sp³-hybridized carbons (Fsp3) is 0.300. The Morgan fingerprint density at radius 2 is 2.00 bits per heavy atom. The lowest BCUT2D eigenvalue weighted by molar-refractivity contribution is -0.123. The van der Waals surface area contributed by atoms with E-state index in [1.165, 1.54) is 6.21 Å². The number of halogens is 1. The maximum absolute atomic E-state index is 12.0. The lowest BCUT2D eigenvalue weighted by Crippen LogP contribution is -2.25. The van der Waals surface area contributed by atoms with Crippen LogP contribution in [-0.2, 0) is 4.79 Å². The Hall–Kier alpha value is -2.53. The molecule has 0 unspecified atom stereocenters. The molecule has 0 aliphatic rings. The van der Waals surface area contributed by atoms with Gasteiger partial charge in [-0.05, 0) is 48.2 Å². The van der Waals surface area contributed by atoms with Gasteiger partial charge in [-0.3, -0.25) is 4.79 Å². The number of hydrazone groups is 1. The van der Waals surface area contributed by atoms with Gasteiger partial charge in [0.2, 0.25) is 0 Å². The Balaban J connectivity index is 1.96. The summed E-state index contributed by atoms with van der Waals surface area (Å²) < 4.78 is 10.9. The van der Waals surface area contributed by atoms with Crippen LogP contribution in [0.15, 0.2) is 41.5 Å². The summed E-state index contributed by atoms with van der Waals surface area (Å²) in [7, 11) is 1.56. The van der Waals surface area contributed by atoms with Crippen molar-refractivity contribution in [3.05, 3.63) is 58.1 Å². The first kappa shape index (κ1) is 19.8. The highest BCUT2D eigenvalue weighted by Crippen LogP contribution is 2.27. The molecule has 2 aromatic rings. The molecule has 0 bridgehead atoms. The van der Waals surface area contributed by atoms with Gasteiger partial charge in [-0.25, -0.2) is 5.43 Å². The predicted molar refractivity (Wildman–Crippen MR) is 105 cm³/mol. The zero-order valence-corrected chi connectivity index (χ0v) is 16.1. The molecule has 138 valence electrons. The topological polar surface area (TPSA) is 59.9 Å². The number of hydrogen-bond donors (Lipinski definition) is 1. The number of carbonyl (C=O) groups is 1. The van der Waals surface area contributed by atoms with E-state index in [-0.39, 0.29) is 12.5 Å². The summed E-state index contributed by atoms with van der Waals surface area (Å²) in [5.74, 6) is 1.29. The summed E-state index contributed by atoms with van der Waals surface area (Å²) in [6.45, 7) is 6.04. The standard InChI is InChI=1S/C20H23ClN2O3/c1-13(2)17-7-5-14(3)9-19(17)26-12-20(24)23-22-11-15-10-16(21)6-8-18(15)25-4/h5-11,13H,12H2,1-4H3,(H,23,24)/b22-11+. The average Bonchev–Trinajstić information content (AvgIpc) is 2.60. The molecule has 0 spiro atoms. The molecule has 26 heavy (non-hydrogen) atoms. The number of nitrogens with zero attached hydrogens (tertiary/aromatic N) is 1. The summed E-state index contributed by atoms with van der Waals surface area (Å²) in [5.41, 5.74) is 5.26. The van der Waals surface area contributed by atoms with E-state index in [0.29, 0.717) is 22.3 Å². The Labute approximate surface area is 159 Å². The summed E-state index contributed by atoms with van der Waals surface area (Å²) in [6, 6.07) is 11.1. The number of aryl methyl sites for hydroxylation is 1. The van der Waals surface area contributed by atoms with Crippen molar-refractivity contribution >= 4 is 23.7 Å². The number of amides is 1. The molecular weight excluding hydrogens is 352 g/mol. The lowest BCUT2D eigenvalue weighted by atomic mass is 10.0. The van der Waals surface area contributed by atoms with Crippen molar-refractivity contribution in [3.8, 4) is 11.5 Å². The van der Waals surface area contributed by atoms with Gasteiger partial charge in [-0.1, -0.05) is 37.6 Å². The fourth-order valence-corrected chi connectivity index (χ4v) is 2.58. The third-order valence-corrected chi connectivity index (χ3v) is 3.97. The SMILES string of the molecule is COc1ccc(Cl)cc1/C=N/NC(=O)COc1cc(C)ccc1C(C)C. The van der Waals surface area contributed by atoms with Crippen LogP contribution in [0.1, 0.15) is 36.5 Å². The molecule has 2 rings (SSSR count). The van der Waals surface area contributed by atoms with Crippen LogP contribution >= 0.6 is 11.6 Å². The Morgan fingerprint density at radius 1 is 1.23 bits per heavy atom. The average molecular weight is 375 g/mol. The van der Waals surface area contributed by atoms with Crippen LogP contribution in [0.5, 0.6) is 11.5 Å². The molecule has 2 aromatic carbocycles. The van der Waals surface area contributed by atoms with E-state index >= 15 is 0 Å². The third kappa shape index (κ3) is 5.49. The van der Waals surface area contributed by atoms with E-state index in [9.17, 15) is 4.79 Å². The molecule has 0 saturated carbocycles. The van der Waals surface area contributed by atoms with Gasteiger partial charge >= 0.3 is 0 Å². The van der Waals surface area contributed by atoms with Crippen LogP contribution < -0.4 is 14.9 Å². The fourth-order valence-electron chi connectivity index (χ4n) is 2.40. The van der Waals surface area contributed by atoms with E-state index < -0.39 is 0 Å². The first-order chi connectivity index (χ1) is 12.4. The van der Waals surface area contributed by atoms with Gasteiger partial charge in [-0.15, -0.1) is 0 Å². The summed E-state index contributed by atoms with van der Waals surface area (Å²) >= 11 is 5.96. The maximum Gasteiger partial charge on any atom is 0.277 e. The van der Waals surface area contributed by atoms with Crippen molar-refractivity contribution < 1.29 is 14.3 Å². The Morgan fingerprint density at radius 3 is 2.69 bits per heavy atom. The highest BCUT2D eigenvalue weighted by Gasteiger charge is 2.10. The summed E-state index contributed by atoms with van der Waals surface area (Å²) in [6.07, 6.45) is 1.48. The largest absolute Gasteiger partial charge is 0.496 e. The highest BCUT2D eigenvalue weighted by molar-refractivity contribution is 6.30. The van der Waals surface area contributed by atoms with Crippen molar-refractivity contribution in [2.75, 3.05) is 13.7 Å². The van der Waals surface area contributed by atoms with Crippen molar-refractivity contribution in [2.45, 2.75) is 26.7 Å². The molecule has 1 amide bonds. The monoisotopic (exact) mass is 374 g/mol. The van der Waals surface area contributed by atoms with Gasteiger partial charge < -0.3 is 9.47 Å². The Kier molecular flexibility index (Phi) is 7.04. The summed E-state index contributed by atoms with van der Waals surface area (Å²) in [4.78, 5) is 12.0. The predicted octanol–water partition coefficient (Wildman–Crippen LogP) is 4.31. The molecule has 0 atom stereocenters. The Bertz CT molecular complexity index is 804. The van der Waals surface area contributed by atoms with Gasteiger partial charge in [0.05, 0.1) is 13.3 Å². The van der Waals surface area contributed by atoms with Gasteiger partial charge in [0, 0.05) is 10.6 Å². The number of methoxy groups -OCH3 is 1. The highest BCUT2D eigenvalue weighted by atomic mass is 35.5. The van der Waals surface area contributed by atoms with Crippen LogP contribution in [0.3, 0.4) is 0 Å². The van der Waals surface area contributed by atoms with Crippen LogP contribution in [0.25, 0.3) is 0 Å². The molecule has 5 nitrogen and oxygen atoms in total. The number of rotatable bonds is 7. The molecule has 0 fully saturated rings. The van der Waals surface area contributed by atoms with Crippen molar-refractivity contribution in [1.82, 2.24) is 5.43 Å². The smallest absolute Gasteiger partial charge is 0.277 e. The van der Waals surface area contributed by atoms with Crippen LogP contribution in [0, 0.1) is 6.92 Å². The second-order valence-electron chi connectivity index (χ2n) is 6.16. The first-order valence-corrected chi connectivity index (χ1v) is 8.67. The molecule has 0 aliphatic heterocycles. The van der Waals surface area contributed by atoms with Crippen LogP contribution in [-0.4, -0.2) is 25.8 Å². The quantitative estimate of drug-likeness (QED) is 0.580. The van der Waals surface area contributed by atoms with Crippen molar-refractivity contribution in [3.63, 3.8) is 0 Å². The zero-order valence-electron chi connectivity index (χ0n) is 15.4. The molecule has 0 aliphatic carbocycles.